The fourth-order valence-electron chi connectivity index (χ4n) is 6.19. The number of hydrogen-bond acceptors (Lipinski definition) is 3. The van der Waals surface area contributed by atoms with Crippen LogP contribution < -0.4 is 14.2 Å². The van der Waals surface area contributed by atoms with Gasteiger partial charge >= 0.3 is 0 Å². The van der Waals surface area contributed by atoms with Gasteiger partial charge < -0.3 is 14.2 Å². The molecule has 0 fully saturated rings. The van der Waals surface area contributed by atoms with Crippen LogP contribution in [0.2, 0.25) is 0 Å². The summed E-state index contributed by atoms with van der Waals surface area (Å²) in [5.74, 6) is 2.35. The van der Waals surface area contributed by atoms with Crippen molar-refractivity contribution in [2.75, 3.05) is 0 Å². The van der Waals surface area contributed by atoms with Crippen LogP contribution in [0.5, 0.6) is 17.2 Å². The Bertz CT molecular complexity index is 1820. The van der Waals surface area contributed by atoms with Gasteiger partial charge in [0.25, 0.3) is 0 Å². The van der Waals surface area contributed by atoms with Gasteiger partial charge in [-0.2, -0.15) is 0 Å². The van der Waals surface area contributed by atoms with Gasteiger partial charge in [0, 0.05) is 16.7 Å². The Morgan fingerprint density at radius 1 is 0.400 bits per heavy atom. The van der Waals surface area contributed by atoms with E-state index in [0.29, 0.717) is 19.8 Å². The maximum atomic E-state index is 6.64. The summed E-state index contributed by atoms with van der Waals surface area (Å²) in [7, 11) is 0. The molecular formula is C47H42O3. The molecule has 0 radical (unpaired) electrons. The minimum atomic E-state index is -0.740. The average molecular weight is 655 g/mol. The number of rotatable bonds is 15. The Kier molecular flexibility index (Phi) is 10.8. The summed E-state index contributed by atoms with van der Waals surface area (Å²) >= 11 is 0. The SMILES string of the molecule is C=Cc1ccc(COc2ccccc2C(C)(c2ccccc2OCc2ccc(C=C)cc2)c2ccccc2OCc2ccc(C=C)cc2)cc1. The van der Waals surface area contributed by atoms with Crippen LogP contribution in [0.4, 0.5) is 0 Å². The van der Waals surface area contributed by atoms with Gasteiger partial charge in [-0.15, -0.1) is 0 Å². The normalized spacial score (nSPS) is 11.0. The van der Waals surface area contributed by atoms with Crippen LogP contribution in [-0.2, 0) is 25.2 Å². The van der Waals surface area contributed by atoms with Crippen molar-refractivity contribution in [3.63, 3.8) is 0 Å². The molecule has 6 rings (SSSR count). The van der Waals surface area contributed by atoms with Gasteiger partial charge in [0.2, 0.25) is 0 Å². The predicted molar refractivity (Wildman–Crippen MR) is 207 cm³/mol. The van der Waals surface area contributed by atoms with Crippen molar-refractivity contribution >= 4 is 18.2 Å². The summed E-state index contributed by atoms with van der Waals surface area (Å²) in [4.78, 5) is 0. The summed E-state index contributed by atoms with van der Waals surface area (Å²) in [5.41, 5.74) is 8.70. The lowest BCUT2D eigenvalue weighted by molar-refractivity contribution is 0.286. The van der Waals surface area contributed by atoms with E-state index in [0.717, 1.165) is 67.3 Å². The molecule has 50 heavy (non-hydrogen) atoms. The van der Waals surface area contributed by atoms with Crippen LogP contribution in [-0.4, -0.2) is 0 Å². The first-order valence-corrected chi connectivity index (χ1v) is 16.8. The van der Waals surface area contributed by atoms with Crippen LogP contribution >= 0.6 is 0 Å². The van der Waals surface area contributed by atoms with Crippen molar-refractivity contribution < 1.29 is 14.2 Å². The highest BCUT2D eigenvalue weighted by Crippen LogP contribution is 2.49. The summed E-state index contributed by atoms with van der Waals surface area (Å²) in [5, 5.41) is 0. The van der Waals surface area contributed by atoms with Crippen molar-refractivity contribution in [1.29, 1.82) is 0 Å². The van der Waals surface area contributed by atoms with Crippen LogP contribution in [0.1, 0.15) is 57.0 Å². The topological polar surface area (TPSA) is 27.7 Å². The summed E-state index contributed by atoms with van der Waals surface area (Å²) in [6.07, 6.45) is 5.53. The van der Waals surface area contributed by atoms with Crippen LogP contribution in [0.25, 0.3) is 18.2 Å². The number of benzene rings is 6. The van der Waals surface area contributed by atoms with E-state index in [-0.39, 0.29) is 0 Å². The molecule has 0 unspecified atom stereocenters. The van der Waals surface area contributed by atoms with E-state index in [1.807, 2.05) is 54.6 Å². The summed E-state index contributed by atoms with van der Waals surface area (Å²) in [6, 6.07) is 49.6. The lowest BCUT2D eigenvalue weighted by Crippen LogP contribution is -2.28. The molecule has 0 aliphatic heterocycles. The van der Waals surface area contributed by atoms with Gasteiger partial charge in [-0.1, -0.05) is 165 Å². The first-order valence-electron chi connectivity index (χ1n) is 16.8. The van der Waals surface area contributed by atoms with Gasteiger partial charge in [-0.05, 0) is 58.5 Å². The maximum absolute atomic E-state index is 6.64. The highest BCUT2D eigenvalue weighted by Gasteiger charge is 2.38. The summed E-state index contributed by atoms with van der Waals surface area (Å²) in [6.45, 7) is 15.1. The van der Waals surface area contributed by atoms with Crippen molar-refractivity contribution in [2.24, 2.45) is 0 Å². The molecule has 0 atom stereocenters. The second-order valence-electron chi connectivity index (χ2n) is 12.3. The fourth-order valence-corrected chi connectivity index (χ4v) is 6.19. The standard InChI is InChI=1S/C47H42O3/c1-5-35-20-26-38(27-21-35)32-48-44-17-11-8-14-41(44)47(4,42-15-9-12-18-45(42)49-33-39-28-22-36(6-2)23-29-39)43-16-10-13-19-46(43)50-34-40-30-24-37(7-3)25-31-40/h5-31H,1-3,32-34H2,4H3. The molecule has 3 nitrogen and oxygen atoms in total. The molecule has 0 N–H and O–H groups in total. The lowest BCUT2D eigenvalue weighted by Gasteiger charge is -2.35. The van der Waals surface area contributed by atoms with Crippen molar-refractivity contribution in [2.45, 2.75) is 32.2 Å². The zero-order valence-electron chi connectivity index (χ0n) is 28.6. The molecular weight excluding hydrogens is 613 g/mol. The first kappa shape index (κ1) is 33.8. The van der Waals surface area contributed by atoms with Crippen LogP contribution in [0, 0.1) is 0 Å². The molecule has 0 heterocycles. The van der Waals surface area contributed by atoms with E-state index < -0.39 is 5.41 Å². The number of ether oxygens (including phenoxy) is 3. The molecule has 0 aromatic heterocycles. The third-order valence-electron chi connectivity index (χ3n) is 9.11. The van der Waals surface area contributed by atoms with Gasteiger partial charge in [-0.3, -0.25) is 0 Å². The number of hydrogen-bond donors (Lipinski definition) is 0. The Hall–Kier alpha value is -6.06. The molecule has 0 aliphatic rings. The van der Waals surface area contributed by atoms with E-state index in [2.05, 4.69) is 136 Å². The molecule has 6 aromatic carbocycles. The molecule has 6 aromatic rings. The molecule has 0 aliphatic carbocycles. The fraction of sp³-hybridized carbons (Fsp3) is 0.106. The van der Waals surface area contributed by atoms with Crippen molar-refractivity contribution in [3.8, 4) is 17.2 Å². The second kappa shape index (κ2) is 15.9. The largest absolute Gasteiger partial charge is 0.489 e. The second-order valence-corrected chi connectivity index (χ2v) is 12.3. The summed E-state index contributed by atoms with van der Waals surface area (Å²) < 4.78 is 19.9. The van der Waals surface area contributed by atoms with Crippen LogP contribution in [0.3, 0.4) is 0 Å². The third kappa shape index (κ3) is 7.64. The smallest absolute Gasteiger partial charge is 0.124 e. The lowest BCUT2D eigenvalue weighted by atomic mass is 9.70. The highest BCUT2D eigenvalue weighted by molar-refractivity contribution is 5.61. The highest BCUT2D eigenvalue weighted by atomic mass is 16.5. The van der Waals surface area contributed by atoms with Gasteiger partial charge in [0.05, 0.1) is 5.41 Å². The minimum Gasteiger partial charge on any atom is -0.489 e. The average Bonchev–Trinajstić information content (AvgIpc) is 3.19. The van der Waals surface area contributed by atoms with Crippen molar-refractivity contribution in [3.05, 3.63) is 215 Å². The maximum Gasteiger partial charge on any atom is 0.124 e. The van der Waals surface area contributed by atoms with E-state index in [1.165, 1.54) is 0 Å². The quantitative estimate of drug-likeness (QED) is 0.103. The van der Waals surface area contributed by atoms with E-state index >= 15 is 0 Å². The third-order valence-corrected chi connectivity index (χ3v) is 9.11. The first-order chi connectivity index (χ1) is 24.5. The van der Waals surface area contributed by atoms with E-state index in [1.54, 1.807) is 0 Å². The minimum absolute atomic E-state index is 0.419. The van der Waals surface area contributed by atoms with E-state index in [4.69, 9.17) is 14.2 Å². The molecule has 0 saturated carbocycles. The Balaban J connectivity index is 1.42. The molecule has 3 heteroatoms. The zero-order chi connectivity index (χ0) is 34.8. The Morgan fingerprint density at radius 3 is 0.920 bits per heavy atom. The zero-order valence-corrected chi connectivity index (χ0v) is 28.6. The van der Waals surface area contributed by atoms with Gasteiger partial charge in [0.15, 0.2) is 0 Å². The number of para-hydroxylation sites is 3. The van der Waals surface area contributed by atoms with E-state index in [9.17, 15) is 0 Å². The molecule has 0 bridgehead atoms. The molecule has 248 valence electrons. The Morgan fingerprint density at radius 2 is 0.660 bits per heavy atom. The molecule has 0 saturated heterocycles. The predicted octanol–water partition coefficient (Wildman–Crippen LogP) is 11.7. The van der Waals surface area contributed by atoms with Gasteiger partial charge in [0.1, 0.15) is 37.1 Å². The molecule has 0 amide bonds. The van der Waals surface area contributed by atoms with Gasteiger partial charge in [-0.25, -0.2) is 0 Å². The van der Waals surface area contributed by atoms with Crippen molar-refractivity contribution in [1.82, 2.24) is 0 Å². The monoisotopic (exact) mass is 654 g/mol. The van der Waals surface area contributed by atoms with Crippen LogP contribution in [0.15, 0.2) is 165 Å². The Labute approximate surface area is 296 Å². The molecule has 0 spiro atoms.